The van der Waals surface area contributed by atoms with E-state index in [2.05, 4.69) is 0 Å². The summed E-state index contributed by atoms with van der Waals surface area (Å²) >= 11 is 0. The first-order chi connectivity index (χ1) is 8.76. The van der Waals surface area contributed by atoms with Gasteiger partial charge in [0.25, 0.3) is 0 Å². The van der Waals surface area contributed by atoms with E-state index in [4.69, 9.17) is 20.4 Å². The highest BCUT2D eigenvalue weighted by atomic mass is 16.3. The third-order valence-electron chi connectivity index (χ3n) is 2.66. The van der Waals surface area contributed by atoms with Gasteiger partial charge in [0.2, 0.25) is 0 Å². The van der Waals surface area contributed by atoms with Crippen molar-refractivity contribution in [1.82, 2.24) is 0 Å². The van der Waals surface area contributed by atoms with E-state index in [0.29, 0.717) is 18.8 Å². The summed E-state index contributed by atoms with van der Waals surface area (Å²) in [6.45, 7) is 0.412. The summed E-state index contributed by atoms with van der Waals surface area (Å²) in [5, 5.41) is 35.9. The predicted octanol–water partition coefficient (Wildman–Crippen LogP) is -0.816. The third kappa shape index (κ3) is 3.85. The molecule has 0 aromatic heterocycles. The standard InChI is InChI=1S/C12H20N2O4/c15-7-5-13(6-8-16)11-1-3-12(4-2-11)14(9-17)10-18/h1-4,15-18H,5-10H2. The Morgan fingerprint density at radius 2 is 1.06 bits per heavy atom. The molecule has 1 aromatic carbocycles. The number of rotatable bonds is 8. The van der Waals surface area contributed by atoms with Crippen molar-refractivity contribution in [2.24, 2.45) is 0 Å². The number of aliphatic hydroxyl groups excluding tert-OH is 4. The highest BCUT2D eigenvalue weighted by molar-refractivity contribution is 5.56. The summed E-state index contributed by atoms with van der Waals surface area (Å²) in [7, 11) is 0. The van der Waals surface area contributed by atoms with Crippen molar-refractivity contribution in [3.63, 3.8) is 0 Å². The van der Waals surface area contributed by atoms with Gasteiger partial charge < -0.3 is 30.2 Å². The molecule has 0 bridgehead atoms. The second-order valence-corrected chi connectivity index (χ2v) is 3.77. The number of benzene rings is 1. The molecule has 0 spiro atoms. The zero-order chi connectivity index (χ0) is 13.4. The first-order valence-corrected chi connectivity index (χ1v) is 5.80. The van der Waals surface area contributed by atoms with Crippen LogP contribution in [0.3, 0.4) is 0 Å². The van der Waals surface area contributed by atoms with E-state index in [-0.39, 0.29) is 26.7 Å². The predicted molar refractivity (Wildman–Crippen MR) is 69.5 cm³/mol. The van der Waals surface area contributed by atoms with Gasteiger partial charge >= 0.3 is 0 Å². The number of anilines is 2. The van der Waals surface area contributed by atoms with Crippen LogP contribution in [0.25, 0.3) is 0 Å². The second-order valence-electron chi connectivity index (χ2n) is 3.77. The minimum absolute atomic E-state index is 0.0150. The third-order valence-corrected chi connectivity index (χ3v) is 2.66. The number of hydrogen-bond acceptors (Lipinski definition) is 6. The number of nitrogens with zero attached hydrogens (tertiary/aromatic N) is 2. The van der Waals surface area contributed by atoms with Gasteiger partial charge in [-0.1, -0.05) is 0 Å². The summed E-state index contributed by atoms with van der Waals surface area (Å²) in [4.78, 5) is 3.25. The molecule has 0 heterocycles. The highest BCUT2D eigenvalue weighted by Gasteiger charge is 2.07. The van der Waals surface area contributed by atoms with Gasteiger partial charge in [-0.2, -0.15) is 0 Å². The van der Waals surface area contributed by atoms with E-state index in [9.17, 15) is 0 Å². The Bertz CT molecular complexity index is 321. The topological polar surface area (TPSA) is 87.4 Å². The summed E-state index contributed by atoms with van der Waals surface area (Å²) < 4.78 is 0. The summed E-state index contributed by atoms with van der Waals surface area (Å²) in [6.07, 6.45) is 0. The summed E-state index contributed by atoms with van der Waals surface area (Å²) in [5.74, 6) is 0. The van der Waals surface area contributed by atoms with Crippen molar-refractivity contribution in [1.29, 1.82) is 0 Å². The van der Waals surface area contributed by atoms with Crippen molar-refractivity contribution in [2.75, 3.05) is 49.6 Å². The zero-order valence-corrected chi connectivity index (χ0v) is 10.2. The Hall–Kier alpha value is -1.34. The van der Waals surface area contributed by atoms with Gasteiger partial charge in [0, 0.05) is 24.5 Å². The minimum atomic E-state index is -0.257. The molecule has 0 aliphatic rings. The average Bonchev–Trinajstić information content (AvgIpc) is 2.41. The first-order valence-electron chi connectivity index (χ1n) is 5.80. The van der Waals surface area contributed by atoms with Gasteiger partial charge in [0.1, 0.15) is 13.5 Å². The number of aliphatic hydroxyl groups is 4. The molecule has 102 valence electrons. The fourth-order valence-corrected chi connectivity index (χ4v) is 1.69. The molecule has 4 N–H and O–H groups in total. The molecule has 0 atom stereocenters. The smallest absolute Gasteiger partial charge is 0.117 e. The fraction of sp³-hybridized carbons (Fsp3) is 0.500. The van der Waals surface area contributed by atoms with Gasteiger partial charge in [0.05, 0.1) is 13.2 Å². The van der Waals surface area contributed by atoms with Crippen LogP contribution in [-0.4, -0.2) is 60.2 Å². The molecule has 0 saturated carbocycles. The molecule has 6 nitrogen and oxygen atoms in total. The molecule has 0 saturated heterocycles. The maximum atomic E-state index is 9.02. The van der Waals surface area contributed by atoms with Gasteiger partial charge in [-0.3, -0.25) is 0 Å². The molecule has 1 aromatic rings. The van der Waals surface area contributed by atoms with Crippen molar-refractivity contribution in [2.45, 2.75) is 0 Å². The van der Waals surface area contributed by atoms with Crippen LogP contribution >= 0.6 is 0 Å². The van der Waals surface area contributed by atoms with Crippen molar-refractivity contribution >= 4 is 11.4 Å². The molecule has 6 heteroatoms. The maximum absolute atomic E-state index is 9.02. The van der Waals surface area contributed by atoms with E-state index in [1.54, 1.807) is 12.1 Å². The quantitative estimate of drug-likeness (QED) is 0.455. The zero-order valence-electron chi connectivity index (χ0n) is 10.2. The largest absolute Gasteiger partial charge is 0.395 e. The number of hydrogen-bond donors (Lipinski definition) is 4. The average molecular weight is 256 g/mol. The fourth-order valence-electron chi connectivity index (χ4n) is 1.69. The van der Waals surface area contributed by atoms with Gasteiger partial charge in [-0.05, 0) is 24.3 Å². The molecule has 0 unspecified atom stereocenters. The SMILES string of the molecule is OCCN(CCO)c1ccc(N(CO)CO)cc1. The molecular weight excluding hydrogens is 236 g/mol. The summed E-state index contributed by atoms with van der Waals surface area (Å²) in [5.41, 5.74) is 1.58. The molecule has 0 fully saturated rings. The van der Waals surface area contributed by atoms with Crippen molar-refractivity contribution in [3.05, 3.63) is 24.3 Å². The van der Waals surface area contributed by atoms with E-state index >= 15 is 0 Å². The maximum Gasteiger partial charge on any atom is 0.117 e. The Labute approximate surface area is 106 Å². The second kappa shape index (κ2) is 7.88. The highest BCUT2D eigenvalue weighted by Crippen LogP contribution is 2.20. The Morgan fingerprint density at radius 1 is 0.667 bits per heavy atom. The lowest BCUT2D eigenvalue weighted by Crippen LogP contribution is -2.30. The molecule has 0 radical (unpaired) electrons. The van der Waals surface area contributed by atoms with Gasteiger partial charge in [0.15, 0.2) is 0 Å². The molecule has 0 aliphatic heterocycles. The van der Waals surface area contributed by atoms with Gasteiger partial charge in [-0.15, -0.1) is 0 Å². The Kier molecular flexibility index (Phi) is 6.45. The molecular formula is C12H20N2O4. The van der Waals surface area contributed by atoms with Crippen molar-refractivity contribution < 1.29 is 20.4 Å². The van der Waals surface area contributed by atoms with Crippen LogP contribution < -0.4 is 9.80 Å². The molecule has 1 rings (SSSR count). The first kappa shape index (κ1) is 14.7. The lowest BCUT2D eigenvalue weighted by atomic mass is 10.2. The Balaban J connectivity index is 2.79. The lowest BCUT2D eigenvalue weighted by molar-refractivity contribution is 0.223. The Morgan fingerprint density at radius 3 is 1.39 bits per heavy atom. The van der Waals surface area contributed by atoms with E-state index in [0.717, 1.165) is 5.69 Å². The van der Waals surface area contributed by atoms with Gasteiger partial charge in [-0.25, -0.2) is 0 Å². The lowest BCUT2D eigenvalue weighted by Gasteiger charge is -2.24. The van der Waals surface area contributed by atoms with Crippen LogP contribution in [0.2, 0.25) is 0 Å². The van der Waals surface area contributed by atoms with Crippen LogP contribution in [0.15, 0.2) is 24.3 Å². The van der Waals surface area contributed by atoms with E-state index < -0.39 is 0 Å². The molecule has 18 heavy (non-hydrogen) atoms. The summed E-state index contributed by atoms with van der Waals surface area (Å²) in [6, 6.07) is 7.17. The van der Waals surface area contributed by atoms with Crippen LogP contribution in [0.5, 0.6) is 0 Å². The minimum Gasteiger partial charge on any atom is -0.395 e. The molecule has 0 amide bonds. The monoisotopic (exact) mass is 256 g/mol. The van der Waals surface area contributed by atoms with Crippen LogP contribution in [0.4, 0.5) is 11.4 Å². The van der Waals surface area contributed by atoms with Crippen LogP contribution in [-0.2, 0) is 0 Å². The van der Waals surface area contributed by atoms with Crippen LogP contribution in [0.1, 0.15) is 0 Å². The van der Waals surface area contributed by atoms with Crippen molar-refractivity contribution in [3.8, 4) is 0 Å². The van der Waals surface area contributed by atoms with Crippen LogP contribution in [0, 0.1) is 0 Å². The van der Waals surface area contributed by atoms with E-state index in [1.807, 2.05) is 17.0 Å². The normalized spacial score (nSPS) is 10.4. The molecule has 0 aliphatic carbocycles. The van der Waals surface area contributed by atoms with E-state index in [1.165, 1.54) is 4.90 Å².